The Labute approximate surface area is 177 Å². The van der Waals surface area contributed by atoms with Gasteiger partial charge in [0.15, 0.2) is 0 Å². The van der Waals surface area contributed by atoms with Crippen LogP contribution in [0, 0.1) is 5.82 Å². The molecule has 6 nitrogen and oxygen atoms in total. The molecule has 0 bridgehead atoms. The number of benzene rings is 2. The number of hydrogen-bond acceptors (Lipinski definition) is 5. The maximum Gasteiger partial charge on any atom is 0.255 e. The average molecular weight is 415 g/mol. The van der Waals surface area contributed by atoms with Crippen LogP contribution in [0.15, 0.2) is 42.5 Å². The molecule has 1 aliphatic heterocycles. The fourth-order valence-electron chi connectivity index (χ4n) is 3.57. The first-order valence-corrected chi connectivity index (χ1v) is 10.3. The van der Waals surface area contributed by atoms with Crippen molar-refractivity contribution in [3.63, 3.8) is 0 Å². The maximum atomic E-state index is 15.0. The lowest BCUT2D eigenvalue weighted by Gasteiger charge is -2.21. The topological polar surface area (TPSA) is 65.6 Å². The maximum absolute atomic E-state index is 15.0. The Morgan fingerprint density at radius 3 is 2.67 bits per heavy atom. The van der Waals surface area contributed by atoms with Crippen LogP contribution < -0.4 is 20.9 Å². The first-order valence-electron chi connectivity index (χ1n) is 10.3. The summed E-state index contributed by atoms with van der Waals surface area (Å²) >= 11 is 0. The molecule has 0 aromatic heterocycles. The van der Waals surface area contributed by atoms with Crippen molar-refractivity contribution in [2.45, 2.75) is 31.8 Å². The van der Waals surface area contributed by atoms with Crippen molar-refractivity contribution in [1.29, 1.82) is 0 Å². The molecule has 0 spiro atoms. The van der Waals surface area contributed by atoms with Gasteiger partial charge < -0.3 is 15.0 Å². The van der Waals surface area contributed by atoms with E-state index in [0.29, 0.717) is 31.0 Å². The van der Waals surface area contributed by atoms with E-state index in [1.165, 1.54) is 6.07 Å². The molecule has 1 fully saturated rings. The molecule has 0 saturated carbocycles. The van der Waals surface area contributed by atoms with Crippen LogP contribution in [0.1, 0.15) is 47.3 Å². The van der Waals surface area contributed by atoms with Crippen molar-refractivity contribution in [3.05, 3.63) is 65.0 Å². The van der Waals surface area contributed by atoms with Gasteiger partial charge in [0.1, 0.15) is 18.2 Å². The molecular weight excluding hydrogens is 383 g/mol. The molecule has 1 amide bonds. The Morgan fingerprint density at radius 1 is 1.30 bits per heavy atom. The Bertz CT molecular complexity index is 860. The highest BCUT2D eigenvalue weighted by Gasteiger charge is 2.29. The summed E-state index contributed by atoms with van der Waals surface area (Å²) in [5.74, 6) is -0.381. The zero-order valence-electron chi connectivity index (χ0n) is 18.0. The van der Waals surface area contributed by atoms with Crippen LogP contribution in [0.4, 0.5) is 4.39 Å². The van der Waals surface area contributed by atoms with Gasteiger partial charge in [0.05, 0.1) is 11.6 Å². The third kappa shape index (κ3) is 5.36. The van der Waals surface area contributed by atoms with Gasteiger partial charge in [0.2, 0.25) is 0 Å². The molecular formula is C23H31FN4O2. The van der Waals surface area contributed by atoms with Gasteiger partial charge in [0.25, 0.3) is 5.91 Å². The Hall–Kier alpha value is -2.48. The van der Waals surface area contributed by atoms with Crippen molar-refractivity contribution in [1.82, 2.24) is 21.1 Å². The quantitative estimate of drug-likeness (QED) is 0.620. The second-order valence-corrected chi connectivity index (χ2v) is 8.05. The molecule has 3 rings (SSSR count). The number of likely N-dealkylation sites (N-methyl/N-ethyl adjacent to an activating group) is 1. The highest BCUT2D eigenvalue weighted by molar-refractivity contribution is 5.97. The zero-order valence-corrected chi connectivity index (χ0v) is 18.0. The van der Waals surface area contributed by atoms with Crippen LogP contribution in [0.5, 0.6) is 5.75 Å². The smallest absolute Gasteiger partial charge is 0.255 e. The predicted octanol–water partition coefficient (Wildman–Crippen LogP) is 2.84. The molecule has 1 saturated heterocycles. The molecule has 3 N–H and O–H groups in total. The van der Waals surface area contributed by atoms with Gasteiger partial charge in [-0.15, -0.1) is 0 Å². The number of halogens is 1. The van der Waals surface area contributed by atoms with Gasteiger partial charge >= 0.3 is 0 Å². The van der Waals surface area contributed by atoms with E-state index in [1.54, 1.807) is 6.07 Å². The third-order valence-corrected chi connectivity index (χ3v) is 5.44. The Kier molecular flexibility index (Phi) is 7.42. The molecule has 0 aliphatic carbocycles. The summed E-state index contributed by atoms with van der Waals surface area (Å²) in [6.07, 6.45) is 0. The molecule has 2 aromatic rings. The van der Waals surface area contributed by atoms with E-state index in [0.717, 1.165) is 5.56 Å². The van der Waals surface area contributed by atoms with Crippen LogP contribution in [-0.4, -0.2) is 50.6 Å². The highest BCUT2D eigenvalue weighted by atomic mass is 19.1. The van der Waals surface area contributed by atoms with Crippen LogP contribution in [0.3, 0.4) is 0 Å². The molecule has 162 valence electrons. The van der Waals surface area contributed by atoms with Gasteiger partial charge in [-0.05, 0) is 51.2 Å². The summed E-state index contributed by atoms with van der Waals surface area (Å²) in [4.78, 5) is 15.0. The lowest BCUT2D eigenvalue weighted by atomic mass is 9.92. The third-order valence-electron chi connectivity index (χ3n) is 5.44. The molecule has 2 aromatic carbocycles. The first kappa shape index (κ1) is 22.2. The molecule has 3 atom stereocenters. The fourth-order valence-corrected chi connectivity index (χ4v) is 3.57. The second-order valence-electron chi connectivity index (χ2n) is 8.05. The van der Waals surface area contributed by atoms with Gasteiger partial charge in [-0.3, -0.25) is 15.6 Å². The summed E-state index contributed by atoms with van der Waals surface area (Å²) in [6, 6.07) is 12.5. The molecule has 2 unspecified atom stereocenters. The van der Waals surface area contributed by atoms with Gasteiger partial charge in [-0.25, -0.2) is 4.39 Å². The summed E-state index contributed by atoms with van der Waals surface area (Å²) in [5.41, 5.74) is 7.92. The summed E-state index contributed by atoms with van der Waals surface area (Å²) in [7, 11) is 3.90. The lowest BCUT2D eigenvalue weighted by molar-refractivity contribution is 0.0935. The standard InChI is InChI=1S/C23H31FN4O2/c1-15(17-8-6-5-7-9-17)26-23(29)19-12-21(24)18(20-14-25-27-16(20)2)13-22(19)30-11-10-28(3)4/h5-9,12-13,15-16,20,25,27H,10-11,14H2,1-4H3,(H,26,29)/t15-,16?,20?/m1/s1. The number of hydrazine groups is 1. The van der Waals surface area contributed by atoms with Crippen molar-refractivity contribution < 1.29 is 13.9 Å². The largest absolute Gasteiger partial charge is 0.491 e. The fraction of sp³-hybridized carbons (Fsp3) is 0.435. The summed E-state index contributed by atoms with van der Waals surface area (Å²) in [5, 5.41) is 2.96. The number of rotatable bonds is 8. The van der Waals surface area contributed by atoms with Crippen molar-refractivity contribution >= 4 is 5.91 Å². The number of ether oxygens (including phenoxy) is 1. The number of hydrogen-bond donors (Lipinski definition) is 3. The number of nitrogens with one attached hydrogen (secondary N) is 3. The van der Waals surface area contributed by atoms with Crippen LogP contribution in [0.2, 0.25) is 0 Å². The minimum absolute atomic E-state index is 0.0402. The molecule has 30 heavy (non-hydrogen) atoms. The van der Waals surface area contributed by atoms with Crippen molar-refractivity contribution in [2.24, 2.45) is 0 Å². The SMILES string of the molecule is CC1NNCC1c1cc(OCCN(C)C)c(C(=O)N[C@H](C)c2ccccc2)cc1F. The van der Waals surface area contributed by atoms with E-state index < -0.39 is 5.82 Å². The normalized spacial score (nSPS) is 19.7. The van der Waals surface area contributed by atoms with Gasteiger partial charge in [-0.2, -0.15) is 0 Å². The predicted molar refractivity (Wildman–Crippen MR) is 116 cm³/mol. The van der Waals surface area contributed by atoms with Gasteiger partial charge in [0, 0.05) is 25.0 Å². The monoisotopic (exact) mass is 414 g/mol. The van der Waals surface area contributed by atoms with E-state index in [2.05, 4.69) is 16.2 Å². The zero-order chi connectivity index (χ0) is 21.7. The highest BCUT2D eigenvalue weighted by Crippen LogP contribution is 2.31. The summed E-state index contributed by atoms with van der Waals surface area (Å²) < 4.78 is 21.0. The van der Waals surface area contributed by atoms with Crippen LogP contribution in [0.25, 0.3) is 0 Å². The van der Waals surface area contributed by atoms with E-state index in [9.17, 15) is 4.79 Å². The molecule has 7 heteroatoms. The number of carbonyl (C=O) groups is 1. The van der Waals surface area contributed by atoms with E-state index in [4.69, 9.17) is 4.74 Å². The number of nitrogens with zero attached hydrogens (tertiary/aromatic N) is 1. The lowest BCUT2D eigenvalue weighted by Crippen LogP contribution is -2.29. The molecule has 0 radical (unpaired) electrons. The average Bonchev–Trinajstić information content (AvgIpc) is 3.14. The van der Waals surface area contributed by atoms with E-state index >= 15 is 4.39 Å². The molecule has 1 aliphatic rings. The minimum atomic E-state index is -0.394. The summed E-state index contributed by atoms with van der Waals surface area (Å²) in [6.45, 7) is 5.62. The van der Waals surface area contributed by atoms with Gasteiger partial charge in [-0.1, -0.05) is 30.3 Å². The van der Waals surface area contributed by atoms with Crippen LogP contribution >= 0.6 is 0 Å². The number of carbonyl (C=O) groups excluding carboxylic acids is 1. The molecule has 1 heterocycles. The van der Waals surface area contributed by atoms with E-state index in [-0.39, 0.29) is 29.5 Å². The first-order chi connectivity index (χ1) is 14.4. The van der Waals surface area contributed by atoms with Crippen molar-refractivity contribution in [2.75, 3.05) is 33.8 Å². The van der Waals surface area contributed by atoms with Crippen LogP contribution in [-0.2, 0) is 0 Å². The van der Waals surface area contributed by atoms with E-state index in [1.807, 2.05) is 63.2 Å². The minimum Gasteiger partial charge on any atom is -0.491 e. The van der Waals surface area contributed by atoms with Crippen molar-refractivity contribution in [3.8, 4) is 5.75 Å². The second kappa shape index (κ2) is 10.0. The number of amides is 1. The Balaban J connectivity index is 1.86. The Morgan fingerprint density at radius 2 is 2.03 bits per heavy atom.